The molecule has 0 aromatic heterocycles. The van der Waals surface area contributed by atoms with Crippen molar-refractivity contribution in [2.75, 3.05) is 37.9 Å². The molecule has 0 aliphatic carbocycles. The van der Waals surface area contributed by atoms with E-state index in [1.54, 1.807) is 93.9 Å². The van der Waals surface area contributed by atoms with Crippen LogP contribution in [0.15, 0.2) is 72.8 Å². The number of methoxy groups -OCH3 is 2. The van der Waals surface area contributed by atoms with Crippen LogP contribution in [0.3, 0.4) is 0 Å². The second kappa shape index (κ2) is 11.5. The summed E-state index contributed by atoms with van der Waals surface area (Å²) in [4.78, 5) is 40.0. The topological polar surface area (TPSA) is 97.0 Å². The van der Waals surface area contributed by atoms with Crippen molar-refractivity contribution in [3.05, 3.63) is 83.9 Å². The maximum absolute atomic E-state index is 13.2. The molecule has 0 spiro atoms. The van der Waals surface area contributed by atoms with Crippen LogP contribution in [0.5, 0.6) is 11.5 Å². The lowest BCUT2D eigenvalue weighted by Gasteiger charge is -2.22. The Morgan fingerprint density at radius 3 is 2.21 bits per heavy atom. The SMILES string of the molecule is CCN(CC(=O)Nc1cccc(OC)c1)C(=O)c1ccccc1NC(=O)c1ccc(OC)cc1. The van der Waals surface area contributed by atoms with Gasteiger partial charge in [-0.05, 0) is 55.5 Å². The van der Waals surface area contributed by atoms with E-state index >= 15 is 0 Å². The molecular formula is C26H27N3O5. The van der Waals surface area contributed by atoms with Crippen molar-refractivity contribution < 1.29 is 23.9 Å². The third kappa shape index (κ3) is 6.13. The number of benzene rings is 3. The molecule has 0 radical (unpaired) electrons. The number of hydrogen-bond donors (Lipinski definition) is 2. The fraction of sp³-hybridized carbons (Fsp3) is 0.192. The summed E-state index contributed by atoms with van der Waals surface area (Å²) >= 11 is 0. The average molecular weight is 462 g/mol. The van der Waals surface area contributed by atoms with E-state index in [0.717, 1.165) is 0 Å². The van der Waals surface area contributed by atoms with Crippen LogP contribution in [-0.4, -0.2) is 49.9 Å². The summed E-state index contributed by atoms with van der Waals surface area (Å²) in [7, 11) is 3.09. The molecule has 8 nitrogen and oxygen atoms in total. The maximum atomic E-state index is 13.2. The summed E-state index contributed by atoms with van der Waals surface area (Å²) < 4.78 is 10.3. The number of carbonyl (C=O) groups excluding carboxylic acids is 3. The molecule has 0 saturated carbocycles. The van der Waals surface area contributed by atoms with Crippen LogP contribution >= 0.6 is 0 Å². The van der Waals surface area contributed by atoms with Gasteiger partial charge in [-0.15, -0.1) is 0 Å². The van der Waals surface area contributed by atoms with Crippen LogP contribution < -0.4 is 20.1 Å². The highest BCUT2D eigenvalue weighted by Crippen LogP contribution is 2.20. The van der Waals surface area contributed by atoms with E-state index in [1.165, 1.54) is 4.90 Å². The number of carbonyl (C=O) groups is 3. The molecule has 0 heterocycles. The van der Waals surface area contributed by atoms with Gasteiger partial charge in [0.1, 0.15) is 18.0 Å². The molecule has 3 aromatic rings. The second-order valence-corrected chi connectivity index (χ2v) is 7.33. The van der Waals surface area contributed by atoms with Crippen LogP contribution in [0, 0.1) is 0 Å². The first kappa shape index (κ1) is 24.3. The number of hydrogen-bond acceptors (Lipinski definition) is 5. The normalized spacial score (nSPS) is 10.2. The predicted molar refractivity (Wildman–Crippen MR) is 131 cm³/mol. The molecular weight excluding hydrogens is 434 g/mol. The third-order valence-electron chi connectivity index (χ3n) is 5.11. The fourth-order valence-electron chi connectivity index (χ4n) is 3.29. The van der Waals surface area contributed by atoms with Crippen molar-refractivity contribution in [3.8, 4) is 11.5 Å². The van der Waals surface area contributed by atoms with Crippen LogP contribution in [0.1, 0.15) is 27.6 Å². The summed E-state index contributed by atoms with van der Waals surface area (Å²) in [6.45, 7) is 1.95. The molecule has 0 atom stereocenters. The van der Waals surface area contributed by atoms with Crippen molar-refractivity contribution in [1.82, 2.24) is 4.90 Å². The number of nitrogens with zero attached hydrogens (tertiary/aromatic N) is 1. The van der Waals surface area contributed by atoms with Crippen molar-refractivity contribution in [1.29, 1.82) is 0 Å². The van der Waals surface area contributed by atoms with Gasteiger partial charge in [0.25, 0.3) is 11.8 Å². The Morgan fingerprint density at radius 1 is 0.824 bits per heavy atom. The van der Waals surface area contributed by atoms with Crippen LogP contribution in [0.2, 0.25) is 0 Å². The van der Waals surface area contributed by atoms with Gasteiger partial charge in [0.15, 0.2) is 0 Å². The minimum absolute atomic E-state index is 0.146. The third-order valence-corrected chi connectivity index (χ3v) is 5.11. The maximum Gasteiger partial charge on any atom is 0.256 e. The zero-order chi connectivity index (χ0) is 24.5. The summed E-state index contributed by atoms with van der Waals surface area (Å²) in [6, 6.07) is 20.3. The van der Waals surface area contributed by atoms with Gasteiger partial charge in [-0.1, -0.05) is 18.2 Å². The molecule has 3 rings (SSSR count). The minimum atomic E-state index is -0.367. The molecule has 2 N–H and O–H groups in total. The molecule has 0 aliphatic heterocycles. The first-order valence-electron chi connectivity index (χ1n) is 10.7. The lowest BCUT2D eigenvalue weighted by molar-refractivity contribution is -0.116. The van der Waals surface area contributed by atoms with Gasteiger partial charge in [0.05, 0.1) is 25.5 Å². The van der Waals surface area contributed by atoms with E-state index < -0.39 is 0 Å². The quantitative estimate of drug-likeness (QED) is 0.501. The Bertz CT molecular complexity index is 1160. The van der Waals surface area contributed by atoms with E-state index in [9.17, 15) is 14.4 Å². The van der Waals surface area contributed by atoms with Crippen molar-refractivity contribution >= 4 is 29.1 Å². The lowest BCUT2D eigenvalue weighted by atomic mass is 10.1. The average Bonchev–Trinajstić information content (AvgIpc) is 2.87. The van der Waals surface area contributed by atoms with E-state index in [1.807, 2.05) is 0 Å². The van der Waals surface area contributed by atoms with Crippen LogP contribution in [0.25, 0.3) is 0 Å². The molecule has 0 saturated heterocycles. The summed E-state index contributed by atoms with van der Waals surface area (Å²) in [6.07, 6.45) is 0. The molecule has 0 unspecified atom stereocenters. The van der Waals surface area contributed by atoms with Gasteiger partial charge in [0.2, 0.25) is 5.91 Å². The van der Waals surface area contributed by atoms with Crippen molar-refractivity contribution in [2.24, 2.45) is 0 Å². The van der Waals surface area contributed by atoms with E-state index in [-0.39, 0.29) is 24.3 Å². The molecule has 0 aliphatic rings. The molecule has 34 heavy (non-hydrogen) atoms. The van der Waals surface area contributed by atoms with Crippen molar-refractivity contribution in [3.63, 3.8) is 0 Å². The number of likely N-dealkylation sites (N-methyl/N-ethyl adjacent to an activating group) is 1. The van der Waals surface area contributed by atoms with Crippen LogP contribution in [0.4, 0.5) is 11.4 Å². The molecule has 8 heteroatoms. The standard InChI is InChI=1S/C26H27N3O5/c1-4-29(17-24(30)27-19-8-7-9-21(16-19)34-3)26(32)22-10-5-6-11-23(22)28-25(31)18-12-14-20(33-2)15-13-18/h5-16H,4,17H2,1-3H3,(H,27,30)(H,28,31). The number of ether oxygens (including phenoxy) is 2. The van der Waals surface area contributed by atoms with Gasteiger partial charge in [0, 0.05) is 23.9 Å². The van der Waals surface area contributed by atoms with Gasteiger partial charge in [-0.3, -0.25) is 14.4 Å². The summed E-state index contributed by atoms with van der Waals surface area (Å²) in [5, 5.41) is 5.56. The molecule has 3 aromatic carbocycles. The monoisotopic (exact) mass is 461 g/mol. The minimum Gasteiger partial charge on any atom is -0.497 e. The summed E-state index contributed by atoms with van der Waals surface area (Å²) in [5.74, 6) is 0.180. The molecule has 0 fully saturated rings. The number of anilines is 2. The number of amides is 3. The van der Waals surface area contributed by atoms with Gasteiger partial charge in [-0.2, -0.15) is 0 Å². The number of nitrogens with one attached hydrogen (secondary N) is 2. The van der Waals surface area contributed by atoms with Crippen molar-refractivity contribution in [2.45, 2.75) is 6.92 Å². The predicted octanol–water partition coefficient (Wildman–Crippen LogP) is 4.06. The first-order chi connectivity index (χ1) is 16.4. The highest BCUT2D eigenvalue weighted by molar-refractivity contribution is 6.09. The Balaban J connectivity index is 1.72. The Morgan fingerprint density at radius 2 is 1.53 bits per heavy atom. The van der Waals surface area contributed by atoms with Crippen LogP contribution in [-0.2, 0) is 4.79 Å². The van der Waals surface area contributed by atoms with Gasteiger partial charge in [-0.25, -0.2) is 0 Å². The Labute approximate surface area is 198 Å². The van der Waals surface area contributed by atoms with E-state index in [0.29, 0.717) is 40.5 Å². The van der Waals surface area contributed by atoms with E-state index in [4.69, 9.17) is 9.47 Å². The summed E-state index contributed by atoms with van der Waals surface area (Å²) in [5.41, 5.74) is 1.65. The Hall–Kier alpha value is -4.33. The Kier molecular flexibility index (Phi) is 8.23. The zero-order valence-corrected chi connectivity index (χ0v) is 19.3. The highest BCUT2D eigenvalue weighted by Gasteiger charge is 2.21. The second-order valence-electron chi connectivity index (χ2n) is 7.33. The number of para-hydroxylation sites is 1. The molecule has 3 amide bonds. The van der Waals surface area contributed by atoms with Gasteiger partial charge >= 0.3 is 0 Å². The van der Waals surface area contributed by atoms with E-state index in [2.05, 4.69) is 10.6 Å². The van der Waals surface area contributed by atoms with Gasteiger partial charge < -0.3 is 25.0 Å². The number of rotatable bonds is 9. The highest BCUT2D eigenvalue weighted by atomic mass is 16.5. The fourth-order valence-corrected chi connectivity index (χ4v) is 3.29. The zero-order valence-electron chi connectivity index (χ0n) is 19.3. The molecule has 176 valence electrons. The lowest BCUT2D eigenvalue weighted by Crippen LogP contribution is -2.38. The first-order valence-corrected chi connectivity index (χ1v) is 10.7. The smallest absolute Gasteiger partial charge is 0.256 e. The molecule has 0 bridgehead atoms. The largest absolute Gasteiger partial charge is 0.497 e.